The number of hydrogen-bond acceptors (Lipinski definition) is 4. The van der Waals surface area contributed by atoms with Crippen molar-refractivity contribution in [1.82, 2.24) is 0 Å². The molecule has 78 valence electrons. The molecule has 0 unspecified atom stereocenters. The highest BCUT2D eigenvalue weighted by Gasteiger charge is 2.20. The summed E-state index contributed by atoms with van der Waals surface area (Å²) in [5.74, 6) is -0.273. The van der Waals surface area contributed by atoms with Crippen molar-refractivity contribution < 1.29 is 19.4 Å². The fourth-order valence-corrected chi connectivity index (χ4v) is 1.48. The molecule has 1 heterocycles. The first kappa shape index (κ1) is 9.58. The van der Waals surface area contributed by atoms with Gasteiger partial charge in [-0.15, -0.1) is 0 Å². The lowest BCUT2D eigenvalue weighted by Gasteiger charge is -2.16. The zero-order chi connectivity index (χ0) is 10.8. The van der Waals surface area contributed by atoms with E-state index in [1.165, 1.54) is 7.11 Å². The Labute approximate surface area is 86.7 Å². The number of aliphatic hydroxyl groups is 1. The maximum atomic E-state index is 11.4. The Morgan fingerprint density at radius 1 is 1.53 bits per heavy atom. The first-order valence-corrected chi connectivity index (χ1v) is 4.49. The van der Waals surface area contributed by atoms with Crippen LogP contribution in [0.4, 0.5) is 0 Å². The number of aliphatic hydroxyl groups excluding tert-OH is 1. The number of carbonyl (C=O) groups is 1. The number of methoxy groups -OCH3 is 1. The van der Waals surface area contributed by atoms with Crippen LogP contribution in [-0.2, 0) is 11.2 Å². The molecule has 1 aliphatic rings. The molecule has 0 fully saturated rings. The van der Waals surface area contributed by atoms with Crippen molar-refractivity contribution in [1.29, 1.82) is 0 Å². The molecule has 4 nitrogen and oxygen atoms in total. The summed E-state index contributed by atoms with van der Waals surface area (Å²) in [5.41, 5.74) is 1.19. The topological polar surface area (TPSA) is 55.8 Å². The van der Waals surface area contributed by atoms with Crippen molar-refractivity contribution in [3.05, 3.63) is 41.3 Å². The Bertz CT molecular complexity index is 434. The highest BCUT2D eigenvalue weighted by Crippen LogP contribution is 2.30. The van der Waals surface area contributed by atoms with E-state index in [1.807, 2.05) is 6.07 Å². The quantitative estimate of drug-likeness (QED) is 0.712. The third kappa shape index (κ3) is 1.66. The van der Waals surface area contributed by atoms with Crippen LogP contribution < -0.4 is 4.74 Å². The normalized spacial score (nSPS) is 13.5. The third-order valence-electron chi connectivity index (χ3n) is 2.21. The fourth-order valence-electron chi connectivity index (χ4n) is 1.48. The van der Waals surface area contributed by atoms with E-state index in [0.717, 1.165) is 5.56 Å². The Balaban J connectivity index is 2.47. The SMILES string of the molecule is COC(=O)c1cccc2c1OC(O)=CC2. The summed E-state index contributed by atoms with van der Waals surface area (Å²) < 4.78 is 9.72. The van der Waals surface area contributed by atoms with Gasteiger partial charge in [0.25, 0.3) is 5.95 Å². The Morgan fingerprint density at radius 3 is 3.07 bits per heavy atom. The second kappa shape index (κ2) is 3.65. The first-order valence-electron chi connectivity index (χ1n) is 4.49. The molecular weight excluding hydrogens is 196 g/mol. The van der Waals surface area contributed by atoms with Crippen molar-refractivity contribution in [3.63, 3.8) is 0 Å². The summed E-state index contributed by atoms with van der Waals surface area (Å²) >= 11 is 0. The maximum absolute atomic E-state index is 11.4. The van der Waals surface area contributed by atoms with E-state index in [0.29, 0.717) is 17.7 Å². The summed E-state index contributed by atoms with van der Waals surface area (Å²) in [4.78, 5) is 11.4. The van der Waals surface area contributed by atoms with E-state index in [-0.39, 0.29) is 5.95 Å². The minimum absolute atomic E-state index is 0.182. The van der Waals surface area contributed by atoms with Crippen molar-refractivity contribution in [2.45, 2.75) is 6.42 Å². The smallest absolute Gasteiger partial charge is 0.341 e. The van der Waals surface area contributed by atoms with Crippen LogP contribution in [0.2, 0.25) is 0 Å². The third-order valence-corrected chi connectivity index (χ3v) is 2.21. The largest absolute Gasteiger partial charge is 0.481 e. The second-order valence-corrected chi connectivity index (χ2v) is 3.13. The van der Waals surface area contributed by atoms with Crippen LogP contribution in [-0.4, -0.2) is 18.2 Å². The van der Waals surface area contributed by atoms with Crippen LogP contribution in [0.15, 0.2) is 30.2 Å². The molecule has 0 atom stereocenters. The highest BCUT2D eigenvalue weighted by atomic mass is 16.6. The van der Waals surface area contributed by atoms with Gasteiger partial charge in [0.2, 0.25) is 0 Å². The minimum Gasteiger partial charge on any atom is -0.481 e. The van der Waals surface area contributed by atoms with E-state index in [4.69, 9.17) is 4.74 Å². The number of carbonyl (C=O) groups excluding carboxylic acids is 1. The number of fused-ring (bicyclic) bond motifs is 1. The van der Waals surface area contributed by atoms with Gasteiger partial charge in [-0.3, -0.25) is 0 Å². The zero-order valence-corrected chi connectivity index (χ0v) is 8.19. The number of ether oxygens (including phenoxy) is 2. The lowest BCUT2D eigenvalue weighted by molar-refractivity contribution is 0.0595. The molecule has 0 radical (unpaired) electrons. The average Bonchev–Trinajstić information content (AvgIpc) is 2.27. The van der Waals surface area contributed by atoms with Crippen molar-refractivity contribution in [2.24, 2.45) is 0 Å². The first-order chi connectivity index (χ1) is 7.22. The molecule has 4 heteroatoms. The van der Waals surface area contributed by atoms with E-state index in [9.17, 15) is 9.90 Å². The van der Waals surface area contributed by atoms with Crippen molar-refractivity contribution >= 4 is 5.97 Å². The highest BCUT2D eigenvalue weighted by molar-refractivity contribution is 5.93. The van der Waals surface area contributed by atoms with E-state index in [1.54, 1.807) is 18.2 Å². The lowest BCUT2D eigenvalue weighted by atomic mass is 10.0. The van der Waals surface area contributed by atoms with Gasteiger partial charge in [0.05, 0.1) is 7.11 Å². The number of rotatable bonds is 1. The van der Waals surface area contributed by atoms with E-state index >= 15 is 0 Å². The van der Waals surface area contributed by atoms with Gasteiger partial charge < -0.3 is 14.6 Å². The van der Waals surface area contributed by atoms with Gasteiger partial charge in [-0.25, -0.2) is 4.79 Å². The number of benzene rings is 1. The predicted octanol–water partition coefficient (Wildman–Crippen LogP) is 1.81. The summed E-state index contributed by atoms with van der Waals surface area (Å²) in [6.45, 7) is 0. The number of para-hydroxylation sites is 1. The molecule has 1 aromatic carbocycles. The van der Waals surface area contributed by atoms with Gasteiger partial charge in [0.1, 0.15) is 11.3 Å². The van der Waals surface area contributed by atoms with Crippen LogP contribution in [0.25, 0.3) is 0 Å². The van der Waals surface area contributed by atoms with Crippen LogP contribution in [0.5, 0.6) is 5.75 Å². The van der Waals surface area contributed by atoms with Gasteiger partial charge in [-0.2, -0.15) is 0 Å². The van der Waals surface area contributed by atoms with Gasteiger partial charge >= 0.3 is 5.97 Å². The lowest BCUT2D eigenvalue weighted by Crippen LogP contribution is -2.10. The Hall–Kier alpha value is -1.97. The zero-order valence-electron chi connectivity index (χ0n) is 8.19. The van der Waals surface area contributed by atoms with E-state index < -0.39 is 5.97 Å². The molecule has 0 amide bonds. The molecule has 0 bridgehead atoms. The van der Waals surface area contributed by atoms with Crippen molar-refractivity contribution in [3.8, 4) is 5.75 Å². The molecule has 0 saturated carbocycles. The maximum Gasteiger partial charge on any atom is 0.341 e. The van der Waals surface area contributed by atoms with Crippen LogP contribution in [0.3, 0.4) is 0 Å². The standard InChI is InChI=1S/C11H10O4/c1-14-11(13)8-4-2-3-7-5-6-9(12)15-10(7)8/h2-4,6,12H,5H2,1H3. The summed E-state index contributed by atoms with van der Waals surface area (Å²) in [7, 11) is 1.31. The molecule has 1 aliphatic heterocycles. The second-order valence-electron chi connectivity index (χ2n) is 3.13. The molecule has 2 rings (SSSR count). The van der Waals surface area contributed by atoms with Crippen LogP contribution >= 0.6 is 0 Å². The molecule has 1 aromatic rings. The molecule has 0 saturated heterocycles. The molecule has 0 spiro atoms. The molecular formula is C11H10O4. The Kier molecular flexibility index (Phi) is 2.33. The van der Waals surface area contributed by atoms with E-state index in [2.05, 4.69) is 4.74 Å². The fraction of sp³-hybridized carbons (Fsp3) is 0.182. The number of allylic oxidation sites excluding steroid dienone is 1. The summed E-state index contributed by atoms with van der Waals surface area (Å²) in [5, 5.41) is 9.22. The van der Waals surface area contributed by atoms with Gasteiger partial charge in [0, 0.05) is 12.5 Å². The molecule has 15 heavy (non-hydrogen) atoms. The van der Waals surface area contributed by atoms with Crippen LogP contribution in [0, 0.1) is 0 Å². The van der Waals surface area contributed by atoms with Gasteiger partial charge in [-0.05, 0) is 11.6 Å². The monoisotopic (exact) mass is 206 g/mol. The molecule has 0 aromatic heterocycles. The van der Waals surface area contributed by atoms with Crippen LogP contribution in [0.1, 0.15) is 15.9 Å². The van der Waals surface area contributed by atoms with Gasteiger partial charge in [0.15, 0.2) is 0 Å². The molecule has 0 aliphatic carbocycles. The average molecular weight is 206 g/mol. The summed E-state index contributed by atoms with van der Waals surface area (Å²) in [6.07, 6.45) is 2.09. The number of hydrogen-bond donors (Lipinski definition) is 1. The minimum atomic E-state index is -0.471. The summed E-state index contributed by atoms with van der Waals surface area (Å²) in [6, 6.07) is 5.19. The Morgan fingerprint density at radius 2 is 2.33 bits per heavy atom. The van der Waals surface area contributed by atoms with Crippen molar-refractivity contribution in [2.75, 3.05) is 7.11 Å². The predicted molar refractivity (Wildman–Crippen MR) is 52.8 cm³/mol. The molecule has 1 N–H and O–H groups in total. The number of esters is 1. The van der Waals surface area contributed by atoms with Gasteiger partial charge in [-0.1, -0.05) is 12.1 Å².